The smallest absolute Gasteiger partial charge is 0.255 e. The Bertz CT molecular complexity index is 923. The molecule has 1 aliphatic rings. The first-order valence-corrected chi connectivity index (χ1v) is 8.94. The quantitative estimate of drug-likeness (QED) is 0.731. The minimum absolute atomic E-state index is 0.0506. The fraction of sp³-hybridized carbons (Fsp3) is 0.235. The first-order valence-electron chi connectivity index (χ1n) is 7.68. The van der Waals surface area contributed by atoms with Crippen molar-refractivity contribution in [3.8, 4) is 10.7 Å². The van der Waals surface area contributed by atoms with Crippen molar-refractivity contribution in [3.63, 3.8) is 0 Å². The summed E-state index contributed by atoms with van der Waals surface area (Å²) in [6, 6.07) is 7.77. The van der Waals surface area contributed by atoms with Crippen LogP contribution in [0.4, 0.5) is 0 Å². The van der Waals surface area contributed by atoms with Crippen LogP contribution in [0.1, 0.15) is 16.8 Å². The van der Waals surface area contributed by atoms with Crippen molar-refractivity contribution in [3.05, 3.63) is 68.2 Å². The molecule has 0 aromatic carbocycles. The third-order valence-corrected chi connectivity index (χ3v) is 5.35. The number of nitrogens with one attached hydrogen (secondary N) is 1. The lowest BCUT2D eigenvalue weighted by molar-refractivity contribution is 0.241. The van der Waals surface area contributed by atoms with E-state index in [9.17, 15) is 4.79 Å². The number of fused-ring (bicyclic) bond motifs is 1. The van der Waals surface area contributed by atoms with Gasteiger partial charge in [0.1, 0.15) is 5.15 Å². The highest BCUT2D eigenvalue weighted by molar-refractivity contribution is 7.13. The van der Waals surface area contributed by atoms with Gasteiger partial charge in [0.2, 0.25) is 0 Å². The van der Waals surface area contributed by atoms with E-state index >= 15 is 0 Å². The number of aromatic amines is 1. The summed E-state index contributed by atoms with van der Waals surface area (Å²) in [5.74, 6) is 0.664. The van der Waals surface area contributed by atoms with Gasteiger partial charge in [-0.2, -0.15) is 0 Å². The van der Waals surface area contributed by atoms with E-state index in [1.54, 1.807) is 17.5 Å². The summed E-state index contributed by atoms with van der Waals surface area (Å²) >= 11 is 7.71. The van der Waals surface area contributed by atoms with Crippen LogP contribution in [0.2, 0.25) is 5.15 Å². The Morgan fingerprint density at radius 3 is 3.04 bits per heavy atom. The van der Waals surface area contributed by atoms with Gasteiger partial charge in [0.25, 0.3) is 5.56 Å². The molecule has 0 radical (unpaired) electrons. The van der Waals surface area contributed by atoms with Gasteiger partial charge in [-0.25, -0.2) is 9.97 Å². The normalized spacial score (nSPS) is 14.5. The number of aromatic nitrogens is 3. The number of halogens is 1. The van der Waals surface area contributed by atoms with Crippen LogP contribution in [0.15, 0.2) is 40.6 Å². The van der Waals surface area contributed by atoms with Gasteiger partial charge in [0.05, 0.1) is 16.1 Å². The number of rotatable bonds is 3. The summed E-state index contributed by atoms with van der Waals surface area (Å²) < 4.78 is 0. The monoisotopic (exact) mass is 358 g/mol. The molecule has 122 valence electrons. The van der Waals surface area contributed by atoms with Crippen molar-refractivity contribution < 1.29 is 0 Å². The SMILES string of the molecule is O=c1[nH]c(-c2cccs2)nc2c1CN(Cc1cccnc1Cl)CC2. The number of pyridine rings is 1. The lowest BCUT2D eigenvalue weighted by atomic mass is 10.1. The zero-order valence-corrected chi connectivity index (χ0v) is 14.4. The summed E-state index contributed by atoms with van der Waals surface area (Å²) in [6.45, 7) is 2.10. The third-order valence-electron chi connectivity index (χ3n) is 4.13. The molecule has 3 aromatic heterocycles. The maximum atomic E-state index is 12.5. The van der Waals surface area contributed by atoms with Crippen LogP contribution >= 0.6 is 22.9 Å². The summed E-state index contributed by atoms with van der Waals surface area (Å²) in [5.41, 5.74) is 2.57. The molecule has 0 fully saturated rings. The van der Waals surface area contributed by atoms with Crippen molar-refractivity contribution in [1.29, 1.82) is 0 Å². The Morgan fingerprint density at radius 1 is 1.33 bits per heavy atom. The van der Waals surface area contributed by atoms with Crippen LogP contribution in [-0.2, 0) is 19.5 Å². The molecular formula is C17H15ClN4OS. The Morgan fingerprint density at radius 2 is 2.25 bits per heavy atom. The van der Waals surface area contributed by atoms with Crippen molar-refractivity contribution in [2.45, 2.75) is 19.5 Å². The first-order chi connectivity index (χ1) is 11.7. The zero-order valence-electron chi connectivity index (χ0n) is 12.8. The maximum absolute atomic E-state index is 12.5. The Hall–Kier alpha value is -2.02. The number of nitrogens with zero attached hydrogens (tertiary/aromatic N) is 3. The van der Waals surface area contributed by atoms with E-state index in [2.05, 4.69) is 19.9 Å². The molecule has 0 spiro atoms. The molecule has 0 saturated carbocycles. The van der Waals surface area contributed by atoms with E-state index in [1.165, 1.54) is 0 Å². The fourth-order valence-corrected chi connectivity index (χ4v) is 3.77. The fourth-order valence-electron chi connectivity index (χ4n) is 2.92. The average Bonchev–Trinajstić information content (AvgIpc) is 3.12. The minimum Gasteiger partial charge on any atom is -0.306 e. The van der Waals surface area contributed by atoms with E-state index < -0.39 is 0 Å². The average molecular weight is 359 g/mol. The van der Waals surface area contributed by atoms with Crippen LogP contribution in [0.3, 0.4) is 0 Å². The van der Waals surface area contributed by atoms with Crippen molar-refractivity contribution in [1.82, 2.24) is 19.9 Å². The highest BCUT2D eigenvalue weighted by Crippen LogP contribution is 2.23. The van der Waals surface area contributed by atoms with E-state index in [0.29, 0.717) is 24.1 Å². The summed E-state index contributed by atoms with van der Waals surface area (Å²) in [4.78, 5) is 27.4. The maximum Gasteiger partial charge on any atom is 0.255 e. The van der Waals surface area contributed by atoms with Crippen LogP contribution in [-0.4, -0.2) is 26.4 Å². The summed E-state index contributed by atoms with van der Waals surface area (Å²) in [5, 5.41) is 2.50. The summed E-state index contributed by atoms with van der Waals surface area (Å²) in [6.07, 6.45) is 2.44. The second-order valence-corrected chi connectivity index (χ2v) is 7.04. The molecule has 3 aromatic rings. The van der Waals surface area contributed by atoms with Crippen molar-refractivity contribution in [2.24, 2.45) is 0 Å². The first kappa shape index (κ1) is 15.5. The number of hydrogen-bond donors (Lipinski definition) is 1. The molecule has 5 nitrogen and oxygen atoms in total. The van der Waals surface area contributed by atoms with Crippen molar-refractivity contribution in [2.75, 3.05) is 6.54 Å². The lowest BCUT2D eigenvalue weighted by Crippen LogP contribution is -2.35. The van der Waals surface area contributed by atoms with E-state index in [4.69, 9.17) is 11.6 Å². The van der Waals surface area contributed by atoms with Crippen LogP contribution < -0.4 is 5.56 Å². The predicted molar refractivity (Wildman–Crippen MR) is 95.2 cm³/mol. The second-order valence-electron chi connectivity index (χ2n) is 5.73. The van der Waals surface area contributed by atoms with Gasteiger partial charge >= 0.3 is 0 Å². The molecule has 0 amide bonds. The molecule has 0 unspecified atom stereocenters. The summed E-state index contributed by atoms with van der Waals surface area (Å²) in [7, 11) is 0. The molecule has 0 aliphatic carbocycles. The molecule has 1 N–H and O–H groups in total. The van der Waals surface area contributed by atoms with Gasteiger partial charge < -0.3 is 4.98 Å². The van der Waals surface area contributed by atoms with Gasteiger partial charge in [0, 0.05) is 37.8 Å². The van der Waals surface area contributed by atoms with E-state index in [-0.39, 0.29) is 5.56 Å². The van der Waals surface area contributed by atoms with Gasteiger partial charge in [-0.15, -0.1) is 11.3 Å². The van der Waals surface area contributed by atoms with E-state index in [0.717, 1.165) is 34.7 Å². The van der Waals surface area contributed by atoms with Gasteiger partial charge in [-0.1, -0.05) is 23.7 Å². The van der Waals surface area contributed by atoms with Crippen molar-refractivity contribution >= 4 is 22.9 Å². The molecule has 4 heterocycles. The second kappa shape index (κ2) is 6.47. The number of hydrogen-bond acceptors (Lipinski definition) is 5. The highest BCUT2D eigenvalue weighted by atomic mass is 35.5. The standard InChI is InChI=1S/C17H15ClN4OS/c18-15-11(3-1-6-19-15)9-22-7-5-13-12(10-22)17(23)21-16(20-13)14-4-2-8-24-14/h1-4,6,8H,5,7,9-10H2,(H,20,21,23). The molecule has 4 rings (SSSR count). The van der Waals surface area contributed by atoms with Crippen LogP contribution in [0.25, 0.3) is 10.7 Å². The largest absolute Gasteiger partial charge is 0.306 e. The Labute approximate surface area is 148 Å². The predicted octanol–water partition coefficient (Wildman–Crippen LogP) is 3.11. The lowest BCUT2D eigenvalue weighted by Gasteiger charge is -2.27. The molecule has 0 bridgehead atoms. The molecule has 0 saturated heterocycles. The third kappa shape index (κ3) is 3.00. The number of H-pyrrole nitrogens is 1. The van der Waals surface area contributed by atoms with Crippen LogP contribution in [0, 0.1) is 0 Å². The molecule has 7 heteroatoms. The van der Waals surface area contributed by atoms with Gasteiger partial charge in [-0.3, -0.25) is 9.69 Å². The molecule has 24 heavy (non-hydrogen) atoms. The topological polar surface area (TPSA) is 61.9 Å². The minimum atomic E-state index is -0.0506. The number of thiophene rings is 1. The Balaban J connectivity index is 1.60. The molecule has 0 atom stereocenters. The van der Waals surface area contributed by atoms with E-state index in [1.807, 2.05) is 29.6 Å². The van der Waals surface area contributed by atoms with Gasteiger partial charge in [0.15, 0.2) is 5.82 Å². The van der Waals surface area contributed by atoms with Crippen LogP contribution in [0.5, 0.6) is 0 Å². The van der Waals surface area contributed by atoms with Gasteiger partial charge in [-0.05, 0) is 17.5 Å². The Kier molecular flexibility index (Phi) is 4.18. The molecule has 1 aliphatic heterocycles. The molecular weight excluding hydrogens is 344 g/mol. The highest BCUT2D eigenvalue weighted by Gasteiger charge is 2.22. The zero-order chi connectivity index (χ0) is 16.5.